The molecule has 1 aromatic rings. The maximum absolute atomic E-state index is 12.4. The highest BCUT2D eigenvalue weighted by atomic mass is 32.2. The SMILES string of the molecule is CNc1ccccc1C(=O)N(C)C(C)CCSC. The van der Waals surface area contributed by atoms with Crippen LogP contribution in [0.4, 0.5) is 5.69 Å². The van der Waals surface area contributed by atoms with Crippen molar-refractivity contribution >= 4 is 23.4 Å². The zero-order valence-electron chi connectivity index (χ0n) is 11.6. The molecule has 1 aromatic carbocycles. The van der Waals surface area contributed by atoms with Crippen molar-refractivity contribution in [1.29, 1.82) is 0 Å². The summed E-state index contributed by atoms with van der Waals surface area (Å²) < 4.78 is 0. The molecule has 0 bridgehead atoms. The van der Waals surface area contributed by atoms with E-state index in [0.717, 1.165) is 23.4 Å². The van der Waals surface area contributed by atoms with E-state index in [0.29, 0.717) is 0 Å². The number of benzene rings is 1. The van der Waals surface area contributed by atoms with Crippen LogP contribution in [0.2, 0.25) is 0 Å². The van der Waals surface area contributed by atoms with E-state index in [1.807, 2.05) is 55.0 Å². The number of nitrogens with one attached hydrogen (secondary N) is 1. The van der Waals surface area contributed by atoms with Gasteiger partial charge in [0, 0.05) is 25.8 Å². The van der Waals surface area contributed by atoms with E-state index in [1.165, 1.54) is 0 Å². The summed E-state index contributed by atoms with van der Waals surface area (Å²) in [6, 6.07) is 7.88. The van der Waals surface area contributed by atoms with Crippen molar-refractivity contribution in [3.8, 4) is 0 Å². The molecule has 3 nitrogen and oxygen atoms in total. The predicted octanol–water partition coefficient (Wildman–Crippen LogP) is 2.94. The number of para-hydroxylation sites is 1. The Balaban J connectivity index is 2.79. The van der Waals surface area contributed by atoms with Crippen LogP contribution in [0.5, 0.6) is 0 Å². The second-order valence-electron chi connectivity index (χ2n) is 4.34. The lowest BCUT2D eigenvalue weighted by molar-refractivity contribution is 0.0742. The summed E-state index contributed by atoms with van der Waals surface area (Å²) >= 11 is 1.81. The van der Waals surface area contributed by atoms with E-state index in [9.17, 15) is 4.79 Å². The molecule has 1 atom stereocenters. The average molecular weight is 266 g/mol. The molecule has 1 rings (SSSR count). The zero-order valence-corrected chi connectivity index (χ0v) is 12.4. The van der Waals surface area contributed by atoms with Crippen LogP contribution in [-0.2, 0) is 0 Å². The van der Waals surface area contributed by atoms with Gasteiger partial charge in [-0.05, 0) is 37.5 Å². The third-order valence-electron chi connectivity index (χ3n) is 3.15. The number of hydrogen-bond donors (Lipinski definition) is 1. The molecule has 0 aromatic heterocycles. The fourth-order valence-electron chi connectivity index (χ4n) is 1.76. The first kappa shape index (κ1) is 14.9. The second kappa shape index (κ2) is 7.31. The number of hydrogen-bond acceptors (Lipinski definition) is 3. The highest BCUT2D eigenvalue weighted by molar-refractivity contribution is 7.98. The molecule has 4 heteroatoms. The molecule has 0 spiro atoms. The van der Waals surface area contributed by atoms with Crippen LogP contribution in [0.25, 0.3) is 0 Å². The van der Waals surface area contributed by atoms with Crippen LogP contribution in [0.3, 0.4) is 0 Å². The number of anilines is 1. The number of carbonyl (C=O) groups excluding carboxylic acids is 1. The minimum absolute atomic E-state index is 0.0774. The summed E-state index contributed by atoms with van der Waals surface area (Å²) in [4.78, 5) is 14.2. The standard InChI is InChI=1S/C14H22N2OS/c1-11(9-10-18-4)16(3)14(17)12-7-5-6-8-13(12)15-2/h5-8,11,15H,9-10H2,1-4H3. The molecule has 18 heavy (non-hydrogen) atoms. The Morgan fingerprint density at radius 3 is 2.72 bits per heavy atom. The van der Waals surface area contributed by atoms with Crippen molar-refractivity contribution in [3.05, 3.63) is 29.8 Å². The smallest absolute Gasteiger partial charge is 0.255 e. The van der Waals surface area contributed by atoms with Crippen molar-refractivity contribution < 1.29 is 4.79 Å². The van der Waals surface area contributed by atoms with E-state index in [2.05, 4.69) is 18.5 Å². The first-order valence-corrected chi connectivity index (χ1v) is 7.54. The van der Waals surface area contributed by atoms with E-state index in [-0.39, 0.29) is 11.9 Å². The van der Waals surface area contributed by atoms with Gasteiger partial charge in [-0.15, -0.1) is 0 Å². The molecule has 0 aliphatic rings. The highest BCUT2D eigenvalue weighted by Gasteiger charge is 2.19. The molecule has 0 saturated heterocycles. The normalized spacial score (nSPS) is 12.0. The molecule has 1 N–H and O–H groups in total. The molecule has 0 fully saturated rings. The maximum atomic E-state index is 12.4. The second-order valence-corrected chi connectivity index (χ2v) is 5.33. The van der Waals surface area contributed by atoms with Crippen molar-refractivity contribution in [2.75, 3.05) is 31.4 Å². The van der Waals surface area contributed by atoms with E-state index in [4.69, 9.17) is 0 Å². The summed E-state index contributed by atoms with van der Waals surface area (Å²) in [6.45, 7) is 2.09. The summed E-state index contributed by atoms with van der Waals surface area (Å²) in [6.07, 6.45) is 3.11. The largest absolute Gasteiger partial charge is 0.387 e. The monoisotopic (exact) mass is 266 g/mol. The molecule has 1 unspecified atom stereocenters. The van der Waals surface area contributed by atoms with Crippen molar-refractivity contribution in [3.63, 3.8) is 0 Å². The zero-order chi connectivity index (χ0) is 13.5. The molecule has 0 heterocycles. The molecular weight excluding hydrogens is 244 g/mol. The van der Waals surface area contributed by atoms with Crippen LogP contribution >= 0.6 is 11.8 Å². The third kappa shape index (κ3) is 3.67. The molecular formula is C14H22N2OS. The number of thioether (sulfide) groups is 1. The number of amides is 1. The van der Waals surface area contributed by atoms with Gasteiger partial charge in [0.1, 0.15) is 0 Å². The van der Waals surface area contributed by atoms with E-state index < -0.39 is 0 Å². The van der Waals surface area contributed by atoms with E-state index in [1.54, 1.807) is 0 Å². The van der Waals surface area contributed by atoms with Gasteiger partial charge in [-0.3, -0.25) is 4.79 Å². The van der Waals surface area contributed by atoms with Gasteiger partial charge in [-0.1, -0.05) is 12.1 Å². The average Bonchev–Trinajstić information content (AvgIpc) is 2.42. The lowest BCUT2D eigenvalue weighted by atomic mass is 10.1. The number of nitrogens with zero attached hydrogens (tertiary/aromatic N) is 1. The van der Waals surface area contributed by atoms with Gasteiger partial charge in [-0.25, -0.2) is 0 Å². The Hall–Kier alpha value is -1.16. The van der Waals surface area contributed by atoms with Gasteiger partial charge in [0.25, 0.3) is 5.91 Å². The Kier molecular flexibility index (Phi) is 6.05. The first-order chi connectivity index (χ1) is 8.61. The molecule has 100 valence electrons. The van der Waals surface area contributed by atoms with Crippen LogP contribution in [-0.4, -0.2) is 43.0 Å². The van der Waals surface area contributed by atoms with Gasteiger partial charge in [0.15, 0.2) is 0 Å². The quantitative estimate of drug-likeness (QED) is 0.859. The molecule has 0 saturated carbocycles. The summed E-state index contributed by atoms with van der Waals surface area (Å²) in [5.74, 6) is 1.15. The molecule has 0 aliphatic carbocycles. The molecule has 0 aliphatic heterocycles. The van der Waals surface area contributed by atoms with Crippen molar-refractivity contribution in [2.24, 2.45) is 0 Å². The van der Waals surface area contributed by atoms with Crippen LogP contribution in [0.1, 0.15) is 23.7 Å². The lowest BCUT2D eigenvalue weighted by Gasteiger charge is -2.25. The van der Waals surface area contributed by atoms with Gasteiger partial charge < -0.3 is 10.2 Å². The molecule has 0 radical (unpaired) electrons. The summed E-state index contributed by atoms with van der Waals surface area (Å²) in [5.41, 5.74) is 1.62. The summed E-state index contributed by atoms with van der Waals surface area (Å²) in [5, 5.41) is 3.06. The van der Waals surface area contributed by atoms with Crippen LogP contribution in [0.15, 0.2) is 24.3 Å². The topological polar surface area (TPSA) is 32.3 Å². The van der Waals surface area contributed by atoms with Gasteiger partial charge in [-0.2, -0.15) is 11.8 Å². The Morgan fingerprint density at radius 1 is 1.44 bits per heavy atom. The van der Waals surface area contributed by atoms with Crippen LogP contribution in [0, 0.1) is 0 Å². The third-order valence-corrected chi connectivity index (χ3v) is 3.79. The number of carbonyl (C=O) groups is 1. The Bertz CT molecular complexity index is 395. The predicted molar refractivity (Wildman–Crippen MR) is 80.5 cm³/mol. The minimum atomic E-state index is 0.0774. The maximum Gasteiger partial charge on any atom is 0.255 e. The number of rotatable bonds is 6. The Morgan fingerprint density at radius 2 is 2.11 bits per heavy atom. The van der Waals surface area contributed by atoms with Gasteiger partial charge >= 0.3 is 0 Å². The van der Waals surface area contributed by atoms with Crippen molar-refractivity contribution in [1.82, 2.24) is 4.90 Å². The highest BCUT2D eigenvalue weighted by Crippen LogP contribution is 2.18. The van der Waals surface area contributed by atoms with Crippen LogP contribution < -0.4 is 5.32 Å². The van der Waals surface area contributed by atoms with Crippen molar-refractivity contribution in [2.45, 2.75) is 19.4 Å². The fourth-order valence-corrected chi connectivity index (χ4v) is 2.34. The fraction of sp³-hybridized carbons (Fsp3) is 0.500. The molecule has 1 amide bonds. The summed E-state index contributed by atoms with van der Waals surface area (Å²) in [7, 11) is 3.71. The first-order valence-electron chi connectivity index (χ1n) is 6.14. The van der Waals surface area contributed by atoms with Gasteiger partial charge in [0.2, 0.25) is 0 Å². The Labute approximate surface area is 114 Å². The van der Waals surface area contributed by atoms with Gasteiger partial charge in [0.05, 0.1) is 5.56 Å². The van der Waals surface area contributed by atoms with E-state index >= 15 is 0 Å². The minimum Gasteiger partial charge on any atom is -0.387 e. The lowest BCUT2D eigenvalue weighted by Crippen LogP contribution is -2.35.